The van der Waals surface area contributed by atoms with E-state index >= 15 is 0 Å². The van der Waals surface area contributed by atoms with E-state index in [2.05, 4.69) is 5.32 Å². The number of hydrogen-bond donors (Lipinski definition) is 1. The average molecular weight is 532 g/mol. The van der Waals surface area contributed by atoms with Crippen molar-refractivity contribution in [2.24, 2.45) is 5.92 Å². The van der Waals surface area contributed by atoms with Crippen LogP contribution in [0.3, 0.4) is 0 Å². The summed E-state index contributed by atoms with van der Waals surface area (Å²) in [5.41, 5.74) is 3.35. The summed E-state index contributed by atoms with van der Waals surface area (Å²) in [5, 5.41) is 2.91. The summed E-state index contributed by atoms with van der Waals surface area (Å²) in [4.78, 5) is 27.8. The van der Waals surface area contributed by atoms with Crippen molar-refractivity contribution in [3.63, 3.8) is 0 Å². The van der Waals surface area contributed by atoms with E-state index in [1.807, 2.05) is 70.2 Å². The maximum Gasteiger partial charge on any atom is 0.242 e. The van der Waals surface area contributed by atoms with Gasteiger partial charge < -0.3 is 15.0 Å². The zero-order valence-corrected chi connectivity index (χ0v) is 23.9. The number of methoxy groups -OCH3 is 1. The summed E-state index contributed by atoms with van der Waals surface area (Å²) in [6.45, 7) is 10.5. The normalized spacial score (nSPS) is 12.2. The molecule has 0 aliphatic carbocycles. The van der Waals surface area contributed by atoms with Gasteiger partial charge in [0.05, 0.1) is 19.1 Å². The van der Waals surface area contributed by atoms with Gasteiger partial charge >= 0.3 is 0 Å². The van der Waals surface area contributed by atoms with Crippen molar-refractivity contribution < 1.29 is 22.7 Å². The van der Waals surface area contributed by atoms with E-state index in [4.69, 9.17) is 4.74 Å². The molecule has 2 rings (SSSR count). The molecule has 0 heterocycles. The standard InChI is InChI=1S/C28H41N3O5S/c1-20(2)18-29-28(33)23(5)30(19-24-10-8-11-26(17-24)36-6)27(32)12-9-13-31(37(7,34)35)25-15-21(3)14-22(4)16-25/h8,10-11,14-17,20,23H,9,12-13,18-19H2,1-7H3,(H,29,33)/t23-/m0/s1. The summed E-state index contributed by atoms with van der Waals surface area (Å²) in [7, 11) is -1.96. The second-order valence-electron chi connectivity index (χ2n) is 9.97. The molecule has 9 heteroatoms. The Morgan fingerprint density at radius 3 is 2.24 bits per heavy atom. The first-order valence-corrected chi connectivity index (χ1v) is 14.4. The van der Waals surface area contributed by atoms with Gasteiger partial charge in [-0.25, -0.2) is 8.42 Å². The number of benzene rings is 2. The molecule has 0 radical (unpaired) electrons. The predicted molar refractivity (Wildman–Crippen MR) is 148 cm³/mol. The van der Waals surface area contributed by atoms with Gasteiger partial charge in [0.25, 0.3) is 0 Å². The molecule has 0 spiro atoms. The summed E-state index contributed by atoms with van der Waals surface area (Å²) in [6.07, 6.45) is 1.58. The fourth-order valence-electron chi connectivity index (χ4n) is 4.10. The van der Waals surface area contributed by atoms with Gasteiger partial charge in [0.1, 0.15) is 11.8 Å². The molecule has 0 saturated carbocycles. The van der Waals surface area contributed by atoms with Gasteiger partial charge in [-0.3, -0.25) is 13.9 Å². The van der Waals surface area contributed by atoms with E-state index in [0.29, 0.717) is 24.4 Å². The molecule has 37 heavy (non-hydrogen) atoms. The number of rotatable bonds is 13. The van der Waals surface area contributed by atoms with Gasteiger partial charge in [0.15, 0.2) is 0 Å². The number of carbonyl (C=O) groups excluding carboxylic acids is 2. The first kappa shape index (κ1) is 30.2. The molecule has 2 aromatic carbocycles. The fraction of sp³-hybridized carbons (Fsp3) is 0.500. The monoisotopic (exact) mass is 531 g/mol. The molecule has 1 N–H and O–H groups in total. The van der Waals surface area contributed by atoms with E-state index in [9.17, 15) is 18.0 Å². The molecule has 0 saturated heterocycles. The minimum absolute atomic E-state index is 0.0998. The van der Waals surface area contributed by atoms with Crippen molar-refractivity contribution in [1.82, 2.24) is 10.2 Å². The summed E-state index contributed by atoms with van der Waals surface area (Å²) < 4.78 is 31.8. The topological polar surface area (TPSA) is 96.0 Å². The van der Waals surface area contributed by atoms with Gasteiger partial charge in [0, 0.05) is 26.1 Å². The Bertz CT molecular complexity index is 1160. The number of nitrogens with one attached hydrogen (secondary N) is 1. The van der Waals surface area contributed by atoms with Crippen LogP contribution in [0.5, 0.6) is 5.75 Å². The van der Waals surface area contributed by atoms with Crippen molar-refractivity contribution in [2.75, 3.05) is 30.8 Å². The summed E-state index contributed by atoms with van der Waals surface area (Å²) >= 11 is 0. The zero-order chi connectivity index (χ0) is 27.8. The molecule has 0 unspecified atom stereocenters. The lowest BCUT2D eigenvalue weighted by atomic mass is 10.1. The van der Waals surface area contributed by atoms with Crippen LogP contribution in [0.2, 0.25) is 0 Å². The number of ether oxygens (including phenoxy) is 1. The van der Waals surface area contributed by atoms with Crippen LogP contribution < -0.4 is 14.4 Å². The number of carbonyl (C=O) groups is 2. The molecule has 2 amide bonds. The van der Waals surface area contributed by atoms with Crippen LogP contribution >= 0.6 is 0 Å². The van der Waals surface area contributed by atoms with Gasteiger partial charge in [0.2, 0.25) is 21.8 Å². The van der Waals surface area contributed by atoms with Crippen molar-refractivity contribution in [3.8, 4) is 5.75 Å². The molecule has 8 nitrogen and oxygen atoms in total. The van der Waals surface area contributed by atoms with Crippen LogP contribution in [0.1, 0.15) is 50.3 Å². The molecule has 0 aliphatic rings. The van der Waals surface area contributed by atoms with Gasteiger partial charge in [-0.05, 0) is 74.1 Å². The lowest BCUT2D eigenvalue weighted by Gasteiger charge is -2.30. The van der Waals surface area contributed by atoms with Crippen molar-refractivity contribution in [1.29, 1.82) is 0 Å². The predicted octanol–water partition coefficient (Wildman–Crippen LogP) is 4.05. The summed E-state index contributed by atoms with van der Waals surface area (Å²) in [6, 6.07) is 12.3. The van der Waals surface area contributed by atoms with E-state index in [0.717, 1.165) is 16.7 Å². The Kier molecular flexibility index (Phi) is 11.0. The van der Waals surface area contributed by atoms with Crippen molar-refractivity contribution >= 4 is 27.5 Å². The highest BCUT2D eigenvalue weighted by Gasteiger charge is 2.27. The molecule has 0 bridgehead atoms. The van der Waals surface area contributed by atoms with E-state index in [1.54, 1.807) is 18.9 Å². The van der Waals surface area contributed by atoms with Crippen molar-refractivity contribution in [2.45, 2.75) is 60.0 Å². The maximum absolute atomic E-state index is 13.4. The number of anilines is 1. The van der Waals surface area contributed by atoms with Gasteiger partial charge in [-0.15, -0.1) is 0 Å². The highest BCUT2D eigenvalue weighted by molar-refractivity contribution is 7.92. The number of hydrogen-bond acceptors (Lipinski definition) is 5. The Hall–Kier alpha value is -3.07. The average Bonchev–Trinajstić information content (AvgIpc) is 2.81. The Balaban J connectivity index is 2.20. The molecule has 0 aliphatic heterocycles. The highest BCUT2D eigenvalue weighted by Crippen LogP contribution is 2.23. The maximum atomic E-state index is 13.4. The second-order valence-corrected chi connectivity index (χ2v) is 11.9. The van der Waals surface area contributed by atoms with E-state index in [1.165, 1.54) is 10.6 Å². The second kappa shape index (κ2) is 13.5. The Morgan fingerprint density at radius 1 is 1.03 bits per heavy atom. The Labute approximate surface area is 222 Å². The van der Waals surface area contributed by atoms with Gasteiger partial charge in [-0.1, -0.05) is 32.0 Å². The third-order valence-electron chi connectivity index (χ3n) is 5.99. The highest BCUT2D eigenvalue weighted by atomic mass is 32.2. The molecule has 0 fully saturated rings. The van der Waals surface area contributed by atoms with Crippen LogP contribution in [0.4, 0.5) is 5.69 Å². The lowest BCUT2D eigenvalue weighted by molar-refractivity contribution is -0.140. The first-order chi connectivity index (χ1) is 17.3. The summed E-state index contributed by atoms with van der Waals surface area (Å²) in [5.74, 6) is 0.506. The molecule has 204 valence electrons. The third-order valence-corrected chi connectivity index (χ3v) is 7.18. The molecule has 0 aromatic heterocycles. The number of nitrogens with zero attached hydrogens (tertiary/aromatic N) is 2. The smallest absolute Gasteiger partial charge is 0.242 e. The number of sulfonamides is 1. The van der Waals surface area contributed by atoms with Crippen molar-refractivity contribution in [3.05, 3.63) is 59.2 Å². The van der Waals surface area contributed by atoms with Crippen LogP contribution in [0.15, 0.2) is 42.5 Å². The minimum Gasteiger partial charge on any atom is -0.497 e. The molecule has 2 aromatic rings. The first-order valence-electron chi connectivity index (χ1n) is 12.6. The zero-order valence-electron chi connectivity index (χ0n) is 23.1. The van der Waals surface area contributed by atoms with Crippen LogP contribution in [-0.2, 0) is 26.2 Å². The van der Waals surface area contributed by atoms with Gasteiger partial charge in [-0.2, -0.15) is 0 Å². The molecular weight excluding hydrogens is 490 g/mol. The number of amides is 2. The van der Waals surface area contributed by atoms with Crippen LogP contribution in [-0.4, -0.2) is 57.6 Å². The lowest BCUT2D eigenvalue weighted by Crippen LogP contribution is -2.48. The minimum atomic E-state index is -3.54. The number of aryl methyl sites for hydroxylation is 2. The molecule has 1 atom stereocenters. The van der Waals surface area contributed by atoms with E-state index in [-0.39, 0.29) is 37.2 Å². The SMILES string of the molecule is COc1cccc(CN(C(=O)CCCN(c2cc(C)cc(C)c2)S(C)(=O)=O)[C@@H](C)C(=O)NCC(C)C)c1. The fourth-order valence-corrected chi connectivity index (χ4v) is 5.05. The van der Waals surface area contributed by atoms with E-state index < -0.39 is 16.1 Å². The van der Waals surface area contributed by atoms with Crippen LogP contribution in [0, 0.1) is 19.8 Å². The quantitative estimate of drug-likeness (QED) is 0.421. The largest absolute Gasteiger partial charge is 0.497 e. The van der Waals surface area contributed by atoms with Crippen LogP contribution in [0.25, 0.3) is 0 Å². The Morgan fingerprint density at radius 2 is 1.68 bits per heavy atom. The third kappa shape index (κ3) is 9.39. The molecular formula is C28H41N3O5S.